The molecule has 56 valence electrons. The van der Waals surface area contributed by atoms with E-state index in [1.54, 1.807) is 0 Å². The molecule has 0 aromatic heterocycles. The number of hydrogen-bond donors (Lipinski definition) is 2. The van der Waals surface area contributed by atoms with Crippen molar-refractivity contribution in [3.05, 3.63) is 12.7 Å². The lowest BCUT2D eigenvalue weighted by molar-refractivity contribution is 0.476. The molecule has 0 aromatic carbocycles. The smallest absolute Gasteiger partial charge is 0.0410 e. The van der Waals surface area contributed by atoms with Crippen LogP contribution >= 0.6 is 12.4 Å². The molecule has 0 bridgehead atoms. The Morgan fingerprint density at radius 3 is 2.00 bits per heavy atom. The topological polar surface area (TPSA) is 38.0 Å². The summed E-state index contributed by atoms with van der Waals surface area (Å²) in [5.41, 5.74) is 2.63. The number of hydrogen-bond acceptors (Lipinski definition) is 2. The summed E-state index contributed by atoms with van der Waals surface area (Å²) in [6.45, 7) is 7.79. The van der Waals surface area contributed by atoms with Gasteiger partial charge >= 0.3 is 0 Å². The fourth-order valence-corrected chi connectivity index (χ4v) is 0.533. The Hall–Kier alpha value is -0.0500. The molecular formula is C6H15ClN2. The van der Waals surface area contributed by atoms with Gasteiger partial charge in [-0.05, 0) is 5.92 Å². The van der Waals surface area contributed by atoms with Crippen LogP contribution in [0, 0.1) is 5.92 Å². The molecule has 3 heteroatoms. The first-order chi connectivity index (χ1) is 3.72. The molecule has 3 N–H and O–H groups in total. The summed E-state index contributed by atoms with van der Waals surface area (Å²) in [6.07, 6.45) is 1.81. The van der Waals surface area contributed by atoms with Gasteiger partial charge < -0.3 is 0 Å². The second-order valence-corrected chi connectivity index (χ2v) is 2.17. The van der Waals surface area contributed by atoms with Crippen molar-refractivity contribution in [2.75, 3.05) is 0 Å². The zero-order valence-electron chi connectivity index (χ0n) is 5.92. The van der Waals surface area contributed by atoms with Gasteiger partial charge in [-0.25, -0.2) is 0 Å². The number of nitrogens with two attached hydrogens (primary N) is 1. The van der Waals surface area contributed by atoms with Crippen LogP contribution in [-0.2, 0) is 0 Å². The number of rotatable bonds is 3. The molecule has 0 saturated heterocycles. The quantitative estimate of drug-likeness (QED) is 0.359. The Kier molecular flexibility index (Phi) is 7.91. The van der Waals surface area contributed by atoms with Crippen molar-refractivity contribution in [3.63, 3.8) is 0 Å². The monoisotopic (exact) mass is 150 g/mol. The lowest BCUT2D eigenvalue weighted by Crippen LogP contribution is -2.37. The molecule has 2 nitrogen and oxygen atoms in total. The lowest BCUT2D eigenvalue weighted by atomic mass is 10.1. The Morgan fingerprint density at radius 1 is 1.56 bits per heavy atom. The van der Waals surface area contributed by atoms with E-state index in [4.69, 9.17) is 5.84 Å². The Morgan fingerprint density at radius 2 is 2.00 bits per heavy atom. The largest absolute Gasteiger partial charge is 0.271 e. The molecule has 0 aliphatic rings. The second kappa shape index (κ2) is 6.08. The molecule has 1 atom stereocenters. The fraction of sp³-hybridized carbons (Fsp3) is 0.667. The molecule has 0 radical (unpaired) electrons. The molecule has 0 heterocycles. The summed E-state index contributed by atoms with van der Waals surface area (Å²) < 4.78 is 0. The first-order valence-corrected chi connectivity index (χ1v) is 2.81. The Labute approximate surface area is 62.9 Å². The van der Waals surface area contributed by atoms with Gasteiger partial charge in [0.1, 0.15) is 0 Å². The summed E-state index contributed by atoms with van der Waals surface area (Å²) in [7, 11) is 0. The van der Waals surface area contributed by atoms with Crippen LogP contribution in [0.15, 0.2) is 12.7 Å². The molecule has 0 fully saturated rings. The van der Waals surface area contributed by atoms with Gasteiger partial charge in [-0.3, -0.25) is 11.3 Å². The zero-order chi connectivity index (χ0) is 6.57. The Bertz CT molecular complexity index is 73.5. The molecule has 0 amide bonds. The fourth-order valence-electron chi connectivity index (χ4n) is 0.533. The van der Waals surface area contributed by atoms with Gasteiger partial charge in [-0.15, -0.1) is 19.0 Å². The van der Waals surface area contributed by atoms with Gasteiger partial charge in [0.15, 0.2) is 0 Å². The lowest BCUT2D eigenvalue weighted by Gasteiger charge is -2.13. The predicted octanol–water partition coefficient (Wildman–Crippen LogP) is 1.08. The summed E-state index contributed by atoms with van der Waals surface area (Å²) in [4.78, 5) is 0. The van der Waals surface area contributed by atoms with Crippen molar-refractivity contribution in [2.24, 2.45) is 11.8 Å². The van der Waals surface area contributed by atoms with E-state index >= 15 is 0 Å². The van der Waals surface area contributed by atoms with Gasteiger partial charge in [-0.2, -0.15) is 0 Å². The summed E-state index contributed by atoms with van der Waals surface area (Å²) >= 11 is 0. The van der Waals surface area contributed by atoms with E-state index in [1.807, 2.05) is 6.08 Å². The summed E-state index contributed by atoms with van der Waals surface area (Å²) in [5, 5.41) is 0. The molecule has 0 aliphatic carbocycles. The highest BCUT2D eigenvalue weighted by molar-refractivity contribution is 5.85. The van der Waals surface area contributed by atoms with Gasteiger partial charge in [0.2, 0.25) is 0 Å². The van der Waals surface area contributed by atoms with Crippen LogP contribution in [0.5, 0.6) is 0 Å². The highest BCUT2D eigenvalue weighted by Gasteiger charge is 2.03. The van der Waals surface area contributed by atoms with Crippen molar-refractivity contribution in [1.29, 1.82) is 0 Å². The van der Waals surface area contributed by atoms with Crippen LogP contribution in [-0.4, -0.2) is 6.04 Å². The minimum atomic E-state index is 0. The second-order valence-electron chi connectivity index (χ2n) is 2.17. The van der Waals surface area contributed by atoms with Gasteiger partial charge in [0, 0.05) is 6.04 Å². The van der Waals surface area contributed by atoms with Crippen molar-refractivity contribution >= 4 is 12.4 Å². The van der Waals surface area contributed by atoms with Crippen LogP contribution in [0.3, 0.4) is 0 Å². The van der Waals surface area contributed by atoms with Crippen molar-refractivity contribution < 1.29 is 0 Å². The highest BCUT2D eigenvalue weighted by atomic mass is 35.5. The number of halogens is 1. The van der Waals surface area contributed by atoms with Crippen LogP contribution in [0.2, 0.25) is 0 Å². The third-order valence-corrected chi connectivity index (χ3v) is 1.16. The van der Waals surface area contributed by atoms with Crippen molar-refractivity contribution in [2.45, 2.75) is 19.9 Å². The first kappa shape index (κ1) is 11.7. The van der Waals surface area contributed by atoms with E-state index in [0.29, 0.717) is 5.92 Å². The maximum atomic E-state index is 5.16. The average Bonchev–Trinajstić information content (AvgIpc) is 1.69. The molecule has 9 heavy (non-hydrogen) atoms. The van der Waals surface area contributed by atoms with Crippen LogP contribution in [0.4, 0.5) is 0 Å². The van der Waals surface area contributed by atoms with E-state index in [2.05, 4.69) is 25.9 Å². The minimum absolute atomic E-state index is 0. The molecule has 0 aliphatic heterocycles. The van der Waals surface area contributed by atoms with Crippen molar-refractivity contribution in [3.8, 4) is 0 Å². The molecular weight excluding hydrogens is 136 g/mol. The third-order valence-electron chi connectivity index (χ3n) is 1.16. The van der Waals surface area contributed by atoms with Gasteiger partial charge in [-0.1, -0.05) is 19.9 Å². The van der Waals surface area contributed by atoms with Gasteiger partial charge in [0.25, 0.3) is 0 Å². The normalized spacial score (nSPS) is 12.4. The maximum absolute atomic E-state index is 5.16. The van der Waals surface area contributed by atoms with E-state index in [9.17, 15) is 0 Å². The molecule has 0 rings (SSSR count). The minimum Gasteiger partial charge on any atom is -0.271 e. The van der Waals surface area contributed by atoms with Crippen LogP contribution < -0.4 is 11.3 Å². The van der Waals surface area contributed by atoms with Gasteiger partial charge in [0.05, 0.1) is 0 Å². The predicted molar refractivity (Wildman–Crippen MR) is 43.4 cm³/mol. The maximum Gasteiger partial charge on any atom is 0.0410 e. The third kappa shape index (κ3) is 4.45. The Balaban J connectivity index is 0. The summed E-state index contributed by atoms with van der Waals surface area (Å²) in [6, 6.07) is 0.245. The number of nitrogens with one attached hydrogen (secondary N) is 1. The average molecular weight is 151 g/mol. The van der Waals surface area contributed by atoms with E-state index in [0.717, 1.165) is 0 Å². The molecule has 1 unspecified atom stereocenters. The molecule has 0 saturated carbocycles. The molecule has 0 spiro atoms. The van der Waals surface area contributed by atoms with E-state index in [1.165, 1.54) is 0 Å². The van der Waals surface area contributed by atoms with E-state index in [-0.39, 0.29) is 18.4 Å². The zero-order valence-corrected chi connectivity index (χ0v) is 6.74. The van der Waals surface area contributed by atoms with Crippen molar-refractivity contribution in [1.82, 2.24) is 5.43 Å². The highest BCUT2D eigenvalue weighted by Crippen LogP contribution is 1.99. The van der Waals surface area contributed by atoms with Crippen LogP contribution in [0.25, 0.3) is 0 Å². The molecule has 0 aromatic rings. The SMILES string of the molecule is C=CC(NN)C(C)C.Cl. The van der Waals surface area contributed by atoms with Crippen LogP contribution in [0.1, 0.15) is 13.8 Å². The van der Waals surface area contributed by atoms with E-state index < -0.39 is 0 Å². The standard InChI is InChI=1S/C6H14N2.ClH/c1-4-6(8-7)5(2)3;/h4-6,8H,1,7H2,2-3H3;1H. The number of hydrazine groups is 1. The first-order valence-electron chi connectivity index (χ1n) is 2.81. The summed E-state index contributed by atoms with van der Waals surface area (Å²) in [5.74, 6) is 5.69.